The molecule has 5 heteroatoms. The third-order valence-electron chi connectivity index (χ3n) is 2.73. The van der Waals surface area contributed by atoms with Gasteiger partial charge in [-0.05, 0) is 18.1 Å². The molecule has 0 saturated heterocycles. The first-order chi connectivity index (χ1) is 8.49. The standard InChI is InChI=1S/C13H16O5/c1-8-5-9(3-4-10(8)7-14)13(17)11(15)6-12(16)18-2/h3-5,7,11,13,15,17H,6H2,1-2H3. The van der Waals surface area contributed by atoms with Crippen molar-refractivity contribution in [2.45, 2.75) is 25.6 Å². The van der Waals surface area contributed by atoms with Crippen LogP contribution in [0.1, 0.15) is 34.0 Å². The second-order valence-electron chi connectivity index (χ2n) is 4.03. The lowest BCUT2D eigenvalue weighted by molar-refractivity contribution is -0.144. The van der Waals surface area contributed by atoms with Crippen molar-refractivity contribution >= 4 is 12.3 Å². The van der Waals surface area contributed by atoms with Gasteiger partial charge in [-0.15, -0.1) is 0 Å². The molecule has 1 rings (SSSR count). The van der Waals surface area contributed by atoms with Gasteiger partial charge in [-0.3, -0.25) is 9.59 Å². The van der Waals surface area contributed by atoms with Crippen LogP contribution in [-0.2, 0) is 9.53 Å². The van der Waals surface area contributed by atoms with Crippen LogP contribution in [0, 0.1) is 6.92 Å². The van der Waals surface area contributed by atoms with Crippen molar-refractivity contribution in [3.63, 3.8) is 0 Å². The van der Waals surface area contributed by atoms with E-state index in [-0.39, 0.29) is 6.42 Å². The minimum absolute atomic E-state index is 0.286. The van der Waals surface area contributed by atoms with E-state index in [1.54, 1.807) is 25.1 Å². The lowest BCUT2D eigenvalue weighted by Gasteiger charge is -2.17. The van der Waals surface area contributed by atoms with Gasteiger partial charge in [-0.2, -0.15) is 0 Å². The van der Waals surface area contributed by atoms with Gasteiger partial charge in [-0.1, -0.05) is 18.2 Å². The smallest absolute Gasteiger partial charge is 0.308 e. The van der Waals surface area contributed by atoms with Crippen molar-refractivity contribution in [3.8, 4) is 0 Å². The summed E-state index contributed by atoms with van der Waals surface area (Å²) in [6.07, 6.45) is -2.00. The molecule has 18 heavy (non-hydrogen) atoms. The second-order valence-corrected chi connectivity index (χ2v) is 4.03. The molecule has 2 unspecified atom stereocenters. The molecule has 98 valence electrons. The summed E-state index contributed by atoms with van der Waals surface area (Å²) in [6, 6.07) is 4.71. The number of hydrogen-bond donors (Lipinski definition) is 2. The number of aryl methyl sites for hydroxylation is 1. The Kier molecular flexibility index (Phi) is 5.00. The monoisotopic (exact) mass is 252 g/mol. The number of carbonyl (C=O) groups is 2. The number of ether oxygens (including phenoxy) is 1. The highest BCUT2D eigenvalue weighted by Crippen LogP contribution is 2.21. The fourth-order valence-corrected chi connectivity index (χ4v) is 1.60. The number of rotatable bonds is 5. The molecule has 2 atom stereocenters. The fraction of sp³-hybridized carbons (Fsp3) is 0.385. The van der Waals surface area contributed by atoms with E-state index in [2.05, 4.69) is 4.74 Å². The third-order valence-corrected chi connectivity index (χ3v) is 2.73. The van der Waals surface area contributed by atoms with Crippen LogP contribution in [0.15, 0.2) is 18.2 Å². The molecule has 0 saturated carbocycles. The molecule has 0 spiro atoms. The molecule has 2 N–H and O–H groups in total. The summed E-state index contributed by atoms with van der Waals surface area (Å²) in [5.41, 5.74) is 1.68. The summed E-state index contributed by atoms with van der Waals surface area (Å²) in [5.74, 6) is -0.595. The van der Waals surface area contributed by atoms with Gasteiger partial charge in [0.2, 0.25) is 0 Å². The molecule has 0 amide bonds. The van der Waals surface area contributed by atoms with E-state index < -0.39 is 18.2 Å². The number of hydrogen-bond acceptors (Lipinski definition) is 5. The van der Waals surface area contributed by atoms with Crippen LogP contribution < -0.4 is 0 Å². The molecule has 1 aromatic rings. The zero-order chi connectivity index (χ0) is 13.7. The van der Waals surface area contributed by atoms with Crippen LogP contribution >= 0.6 is 0 Å². The Labute approximate surface area is 105 Å². The first-order valence-electron chi connectivity index (χ1n) is 5.48. The topological polar surface area (TPSA) is 83.8 Å². The minimum atomic E-state index is -1.24. The number of benzene rings is 1. The van der Waals surface area contributed by atoms with E-state index in [9.17, 15) is 19.8 Å². The molecule has 0 aliphatic rings. The normalized spacial score (nSPS) is 13.8. The minimum Gasteiger partial charge on any atom is -0.469 e. The molecule has 0 bridgehead atoms. The number of esters is 1. The Morgan fingerprint density at radius 3 is 2.61 bits per heavy atom. The van der Waals surface area contributed by atoms with Gasteiger partial charge in [-0.25, -0.2) is 0 Å². The molecule has 0 aliphatic heterocycles. The SMILES string of the molecule is COC(=O)CC(O)C(O)c1ccc(C=O)c(C)c1. The van der Waals surface area contributed by atoms with Crippen LogP contribution in [0.4, 0.5) is 0 Å². The molecule has 0 aliphatic carbocycles. The summed E-state index contributed by atoms with van der Waals surface area (Å²) in [6.45, 7) is 1.73. The largest absolute Gasteiger partial charge is 0.469 e. The highest BCUT2D eigenvalue weighted by Gasteiger charge is 2.22. The van der Waals surface area contributed by atoms with Gasteiger partial charge >= 0.3 is 5.97 Å². The maximum atomic E-state index is 11.0. The third kappa shape index (κ3) is 3.38. The summed E-state index contributed by atoms with van der Waals surface area (Å²) < 4.78 is 4.41. The van der Waals surface area contributed by atoms with Crippen LogP contribution in [0.3, 0.4) is 0 Å². The summed E-state index contributed by atoms with van der Waals surface area (Å²) in [5, 5.41) is 19.5. The van der Waals surface area contributed by atoms with Crippen LogP contribution in [0.2, 0.25) is 0 Å². The Bertz CT molecular complexity index is 441. The van der Waals surface area contributed by atoms with Crippen molar-refractivity contribution in [3.05, 3.63) is 34.9 Å². The highest BCUT2D eigenvalue weighted by atomic mass is 16.5. The molecule has 5 nitrogen and oxygen atoms in total. The first-order valence-corrected chi connectivity index (χ1v) is 5.48. The van der Waals surface area contributed by atoms with Gasteiger partial charge in [0, 0.05) is 5.56 Å². The van der Waals surface area contributed by atoms with E-state index >= 15 is 0 Å². The summed E-state index contributed by atoms with van der Waals surface area (Å²) >= 11 is 0. The maximum Gasteiger partial charge on any atom is 0.308 e. The number of methoxy groups -OCH3 is 1. The Morgan fingerprint density at radius 2 is 2.11 bits per heavy atom. The lowest BCUT2D eigenvalue weighted by atomic mass is 9.98. The van der Waals surface area contributed by atoms with Gasteiger partial charge in [0.05, 0.1) is 19.6 Å². The summed E-state index contributed by atoms with van der Waals surface area (Å²) in [4.78, 5) is 21.6. The van der Waals surface area contributed by atoms with Gasteiger partial charge in [0.15, 0.2) is 0 Å². The molecular weight excluding hydrogens is 236 g/mol. The Morgan fingerprint density at radius 1 is 1.44 bits per heavy atom. The van der Waals surface area contributed by atoms with E-state index in [4.69, 9.17) is 0 Å². The zero-order valence-corrected chi connectivity index (χ0v) is 10.3. The lowest BCUT2D eigenvalue weighted by Crippen LogP contribution is -2.22. The first kappa shape index (κ1) is 14.3. The number of aldehydes is 1. The van der Waals surface area contributed by atoms with Crippen molar-refractivity contribution in [1.82, 2.24) is 0 Å². The van der Waals surface area contributed by atoms with Gasteiger partial charge in [0.1, 0.15) is 12.4 Å². The number of aliphatic hydroxyl groups is 2. The van der Waals surface area contributed by atoms with E-state index in [1.807, 2.05) is 0 Å². The molecule has 1 aromatic carbocycles. The van der Waals surface area contributed by atoms with Gasteiger partial charge < -0.3 is 14.9 Å². The Hall–Kier alpha value is -1.72. The number of aliphatic hydroxyl groups excluding tert-OH is 2. The molecular formula is C13H16O5. The van der Waals surface area contributed by atoms with Crippen LogP contribution in [0.25, 0.3) is 0 Å². The van der Waals surface area contributed by atoms with Crippen molar-refractivity contribution < 1.29 is 24.5 Å². The molecule has 0 heterocycles. The average molecular weight is 252 g/mol. The van der Waals surface area contributed by atoms with E-state index in [0.29, 0.717) is 16.7 Å². The van der Waals surface area contributed by atoms with Gasteiger partial charge in [0.25, 0.3) is 0 Å². The summed E-state index contributed by atoms with van der Waals surface area (Å²) in [7, 11) is 1.21. The zero-order valence-electron chi connectivity index (χ0n) is 10.3. The van der Waals surface area contributed by atoms with E-state index in [1.165, 1.54) is 7.11 Å². The quantitative estimate of drug-likeness (QED) is 0.597. The predicted octanol–water partition coefficient (Wildman–Crippen LogP) is 0.765. The van der Waals surface area contributed by atoms with Crippen molar-refractivity contribution in [1.29, 1.82) is 0 Å². The van der Waals surface area contributed by atoms with Crippen LogP contribution in [0.5, 0.6) is 0 Å². The molecule has 0 radical (unpaired) electrons. The molecule has 0 fully saturated rings. The van der Waals surface area contributed by atoms with Crippen molar-refractivity contribution in [2.75, 3.05) is 7.11 Å². The van der Waals surface area contributed by atoms with Crippen molar-refractivity contribution in [2.24, 2.45) is 0 Å². The van der Waals surface area contributed by atoms with E-state index in [0.717, 1.165) is 6.29 Å². The average Bonchev–Trinajstić information content (AvgIpc) is 2.37. The number of carbonyl (C=O) groups excluding carboxylic acids is 2. The molecule has 0 aromatic heterocycles. The predicted molar refractivity (Wildman–Crippen MR) is 64.2 cm³/mol. The second kappa shape index (κ2) is 6.28. The highest BCUT2D eigenvalue weighted by molar-refractivity contribution is 5.77. The Balaban J connectivity index is 2.83. The maximum absolute atomic E-state index is 11.0. The van der Waals surface area contributed by atoms with Crippen LogP contribution in [-0.4, -0.2) is 35.7 Å². The fourth-order valence-electron chi connectivity index (χ4n) is 1.60.